The molecule has 5 rings (SSSR count). The van der Waals surface area contributed by atoms with E-state index in [-0.39, 0.29) is 29.2 Å². The summed E-state index contributed by atoms with van der Waals surface area (Å²) in [7, 11) is 0. The first-order valence-electron chi connectivity index (χ1n) is 23.0. The van der Waals surface area contributed by atoms with Crippen molar-refractivity contribution in [1.82, 2.24) is 4.90 Å². The summed E-state index contributed by atoms with van der Waals surface area (Å²) >= 11 is 0. The van der Waals surface area contributed by atoms with Crippen LogP contribution in [-0.2, 0) is 19.1 Å². The van der Waals surface area contributed by atoms with Gasteiger partial charge >= 0.3 is 23.9 Å². The minimum Gasteiger partial charge on any atom is -0.494 e. The van der Waals surface area contributed by atoms with Crippen molar-refractivity contribution in [1.29, 1.82) is 0 Å². The molecule has 0 saturated carbocycles. The summed E-state index contributed by atoms with van der Waals surface area (Å²) in [6, 6.07) is 24.2. The summed E-state index contributed by atoms with van der Waals surface area (Å²) in [6.07, 6.45) is 10.6. The van der Waals surface area contributed by atoms with Crippen molar-refractivity contribution in [3.63, 3.8) is 0 Å². The van der Waals surface area contributed by atoms with E-state index in [0.29, 0.717) is 42.3 Å². The van der Waals surface area contributed by atoms with Crippen molar-refractivity contribution in [3.8, 4) is 23.0 Å². The zero-order chi connectivity index (χ0) is 46.4. The molecule has 0 N–H and O–H groups in total. The number of ether oxygens (including phenoxy) is 6. The molecule has 0 radical (unpaired) electrons. The fourth-order valence-electron chi connectivity index (χ4n) is 7.00. The highest BCUT2D eigenvalue weighted by Crippen LogP contribution is 2.26. The van der Waals surface area contributed by atoms with Crippen LogP contribution in [0.1, 0.15) is 152 Å². The summed E-state index contributed by atoms with van der Waals surface area (Å²) < 4.78 is 33.7. The molecule has 1 fully saturated rings. The Balaban J connectivity index is 1.19. The van der Waals surface area contributed by atoms with Crippen LogP contribution >= 0.6 is 0 Å². The van der Waals surface area contributed by atoms with E-state index >= 15 is 0 Å². The summed E-state index contributed by atoms with van der Waals surface area (Å²) in [5.41, 5.74) is 0.602. The molecule has 1 aliphatic rings. The maximum atomic E-state index is 13.7. The number of hydrogen-bond donors (Lipinski definition) is 0. The lowest BCUT2D eigenvalue weighted by Gasteiger charge is -2.17. The number of rotatable bonds is 27. The van der Waals surface area contributed by atoms with Gasteiger partial charge in [-0.3, -0.25) is 14.5 Å². The number of carbonyl (C=O) groups excluding carboxylic acids is 6. The second kappa shape index (κ2) is 26.3. The molecule has 13 heteroatoms. The highest BCUT2D eigenvalue weighted by atomic mass is 16.6. The Morgan fingerprint density at radius 1 is 0.400 bits per heavy atom. The van der Waals surface area contributed by atoms with E-state index in [2.05, 4.69) is 20.8 Å². The lowest BCUT2D eigenvalue weighted by atomic mass is 10.1. The largest absolute Gasteiger partial charge is 0.494 e. The Labute approximate surface area is 381 Å². The standard InChI is InChI=1S/C52H61NO12/c1-4-7-10-13-14-15-34-53-47(54)45(64-51(58)39-22-30-43(31-23-39)62-49(56)37-18-26-41(27-19-37)60-35-16-11-8-5-2)46(48(53)55)65-52(59)40-24-32-44(33-25-40)63-50(57)38-20-28-42(29-21-38)61-36-17-12-9-6-3/h18-33,45-46H,4-17,34-36H2,1-3H3/t45-,46-/m1/s1. The molecular weight excluding hydrogens is 831 g/mol. The molecule has 2 amide bonds. The van der Waals surface area contributed by atoms with Gasteiger partial charge in [0.15, 0.2) is 0 Å². The first kappa shape index (κ1) is 49.5. The Morgan fingerprint density at radius 3 is 1.08 bits per heavy atom. The molecular formula is C52H61NO12. The molecule has 65 heavy (non-hydrogen) atoms. The third-order valence-corrected chi connectivity index (χ3v) is 10.8. The van der Waals surface area contributed by atoms with E-state index in [1.807, 2.05) is 0 Å². The molecule has 1 heterocycles. The van der Waals surface area contributed by atoms with Gasteiger partial charge in [-0.05, 0) is 116 Å². The molecule has 0 unspecified atom stereocenters. The summed E-state index contributed by atoms with van der Waals surface area (Å²) in [5.74, 6) is -3.15. The van der Waals surface area contributed by atoms with E-state index in [1.54, 1.807) is 48.5 Å². The number of benzene rings is 4. The highest BCUT2D eigenvalue weighted by Gasteiger charge is 2.52. The smallest absolute Gasteiger partial charge is 0.343 e. The number of unbranched alkanes of at least 4 members (excludes halogenated alkanes) is 11. The zero-order valence-corrected chi connectivity index (χ0v) is 37.8. The van der Waals surface area contributed by atoms with Crippen LogP contribution in [0.3, 0.4) is 0 Å². The zero-order valence-electron chi connectivity index (χ0n) is 37.8. The number of nitrogens with zero attached hydrogens (tertiary/aromatic N) is 1. The maximum absolute atomic E-state index is 13.7. The molecule has 0 aromatic heterocycles. The first-order chi connectivity index (χ1) is 31.6. The molecule has 346 valence electrons. The fourth-order valence-corrected chi connectivity index (χ4v) is 7.00. The number of hydrogen-bond acceptors (Lipinski definition) is 12. The van der Waals surface area contributed by atoms with Gasteiger partial charge in [-0.1, -0.05) is 91.4 Å². The normalized spacial score (nSPS) is 14.5. The van der Waals surface area contributed by atoms with Crippen LogP contribution in [0.5, 0.6) is 23.0 Å². The third kappa shape index (κ3) is 15.3. The molecule has 0 bridgehead atoms. The van der Waals surface area contributed by atoms with Crippen molar-refractivity contribution >= 4 is 35.7 Å². The van der Waals surface area contributed by atoms with Gasteiger partial charge in [0.05, 0.1) is 35.5 Å². The van der Waals surface area contributed by atoms with Gasteiger partial charge in [-0.25, -0.2) is 19.2 Å². The first-order valence-corrected chi connectivity index (χ1v) is 23.0. The third-order valence-electron chi connectivity index (χ3n) is 10.8. The molecule has 1 saturated heterocycles. The van der Waals surface area contributed by atoms with E-state index in [1.165, 1.54) is 48.5 Å². The van der Waals surface area contributed by atoms with Crippen molar-refractivity contribution in [2.24, 2.45) is 0 Å². The second-order valence-electron chi connectivity index (χ2n) is 15.9. The predicted molar refractivity (Wildman–Crippen MR) is 243 cm³/mol. The van der Waals surface area contributed by atoms with Crippen LogP contribution in [-0.4, -0.2) is 72.6 Å². The van der Waals surface area contributed by atoms with Crippen LogP contribution in [0.25, 0.3) is 0 Å². The van der Waals surface area contributed by atoms with Gasteiger partial charge in [0.2, 0.25) is 12.2 Å². The van der Waals surface area contributed by atoms with Gasteiger partial charge in [0, 0.05) is 6.54 Å². The van der Waals surface area contributed by atoms with E-state index in [0.717, 1.165) is 88.4 Å². The lowest BCUT2D eigenvalue weighted by Crippen LogP contribution is -2.37. The SMILES string of the molecule is CCCCCCCCN1C(=O)[C@H](OC(=O)c2ccc(OC(=O)c3ccc(OCCCCCC)cc3)cc2)[C@@H](OC(=O)c2ccc(OC(=O)c3ccc(OCCCCCC)cc3)cc2)C1=O. The maximum Gasteiger partial charge on any atom is 0.343 e. The van der Waals surface area contributed by atoms with Crippen LogP contribution in [0, 0.1) is 0 Å². The quantitative estimate of drug-likeness (QED) is 0.0241. The highest BCUT2D eigenvalue weighted by molar-refractivity contribution is 6.10. The van der Waals surface area contributed by atoms with Crippen molar-refractivity contribution in [3.05, 3.63) is 119 Å². The van der Waals surface area contributed by atoms with E-state index < -0.39 is 47.9 Å². The van der Waals surface area contributed by atoms with Gasteiger partial charge in [0.1, 0.15) is 23.0 Å². The van der Waals surface area contributed by atoms with E-state index in [9.17, 15) is 28.8 Å². The predicted octanol–water partition coefficient (Wildman–Crippen LogP) is 10.5. The number of esters is 4. The lowest BCUT2D eigenvalue weighted by molar-refractivity contribution is -0.141. The summed E-state index contributed by atoms with van der Waals surface area (Å²) in [5, 5.41) is 0. The van der Waals surface area contributed by atoms with Crippen LogP contribution in [0.4, 0.5) is 0 Å². The molecule has 13 nitrogen and oxygen atoms in total. The van der Waals surface area contributed by atoms with Crippen LogP contribution in [0.2, 0.25) is 0 Å². The molecule has 1 aliphatic heterocycles. The van der Waals surface area contributed by atoms with Gasteiger partial charge in [0.25, 0.3) is 11.8 Å². The number of likely N-dealkylation sites (tertiary alicyclic amines) is 1. The summed E-state index contributed by atoms with van der Waals surface area (Å²) in [4.78, 5) is 80.9. The Morgan fingerprint density at radius 2 is 0.708 bits per heavy atom. The van der Waals surface area contributed by atoms with Crippen molar-refractivity contribution in [2.45, 2.75) is 123 Å². The fraction of sp³-hybridized carbons (Fsp3) is 0.423. The van der Waals surface area contributed by atoms with Crippen molar-refractivity contribution in [2.75, 3.05) is 19.8 Å². The number of amides is 2. The van der Waals surface area contributed by atoms with Crippen molar-refractivity contribution < 1.29 is 57.2 Å². The topological polar surface area (TPSA) is 161 Å². The Hall–Kier alpha value is -6.50. The van der Waals surface area contributed by atoms with Crippen LogP contribution in [0.15, 0.2) is 97.1 Å². The monoisotopic (exact) mass is 891 g/mol. The average Bonchev–Trinajstić information content (AvgIpc) is 3.53. The molecule has 4 aromatic carbocycles. The minimum atomic E-state index is -1.75. The summed E-state index contributed by atoms with van der Waals surface area (Å²) in [6.45, 7) is 7.65. The number of carbonyl (C=O) groups is 6. The molecule has 0 spiro atoms. The number of imide groups is 1. The van der Waals surface area contributed by atoms with Gasteiger partial charge < -0.3 is 28.4 Å². The van der Waals surface area contributed by atoms with Crippen LogP contribution < -0.4 is 18.9 Å². The minimum absolute atomic E-state index is 0.00264. The average molecular weight is 892 g/mol. The molecule has 4 aromatic rings. The van der Waals surface area contributed by atoms with E-state index in [4.69, 9.17) is 28.4 Å². The Kier molecular flexibility index (Phi) is 20.1. The molecule has 2 atom stereocenters. The second-order valence-corrected chi connectivity index (χ2v) is 15.9. The van der Waals surface area contributed by atoms with Gasteiger partial charge in [-0.2, -0.15) is 0 Å². The Bertz CT molecular complexity index is 2000. The van der Waals surface area contributed by atoms with Gasteiger partial charge in [-0.15, -0.1) is 0 Å². The molecule has 0 aliphatic carbocycles.